The Balaban J connectivity index is 1.74. The maximum Gasteiger partial charge on any atom is 0.260 e. The Kier molecular flexibility index (Phi) is 7.25. The molecule has 1 saturated heterocycles. The number of hydrogen-bond donors (Lipinski definition) is 1. The molecule has 1 aromatic carbocycles. The van der Waals surface area contributed by atoms with Crippen LogP contribution in [-0.2, 0) is 15.0 Å². The Morgan fingerprint density at radius 3 is 2.19 bits per heavy atom. The Morgan fingerprint density at radius 1 is 1.07 bits per heavy atom. The molecule has 0 aromatic heterocycles. The Labute approximate surface area is 162 Å². The fourth-order valence-electron chi connectivity index (χ4n) is 3.01. The molecule has 1 heterocycles. The van der Waals surface area contributed by atoms with Crippen LogP contribution in [0.1, 0.15) is 40.2 Å². The summed E-state index contributed by atoms with van der Waals surface area (Å²) in [6, 6.07) is 8.06. The third-order valence-corrected chi connectivity index (χ3v) is 4.62. The van der Waals surface area contributed by atoms with E-state index in [2.05, 4.69) is 31.0 Å². The highest BCUT2D eigenvalue weighted by molar-refractivity contribution is 5.79. The number of piperazine rings is 1. The average molecular weight is 376 g/mol. The smallest absolute Gasteiger partial charge is 0.260 e. The van der Waals surface area contributed by atoms with E-state index < -0.39 is 0 Å². The van der Waals surface area contributed by atoms with Crippen LogP contribution < -0.4 is 10.1 Å². The van der Waals surface area contributed by atoms with E-state index in [1.807, 2.05) is 38.1 Å². The van der Waals surface area contributed by atoms with Crippen molar-refractivity contribution >= 4 is 11.8 Å². The van der Waals surface area contributed by atoms with Gasteiger partial charge in [-0.15, -0.1) is 0 Å². The van der Waals surface area contributed by atoms with Crippen molar-refractivity contribution in [2.45, 2.75) is 46.1 Å². The quantitative estimate of drug-likeness (QED) is 0.826. The number of rotatable bonds is 6. The SMILES string of the molecule is CC(C)NC(=O)CN1CCN(C(=O)COc2ccc(C(C)(C)C)cc2)CC1. The van der Waals surface area contributed by atoms with E-state index in [4.69, 9.17) is 4.74 Å². The summed E-state index contributed by atoms with van der Waals surface area (Å²) < 4.78 is 5.65. The highest BCUT2D eigenvalue weighted by atomic mass is 16.5. The zero-order valence-electron chi connectivity index (χ0n) is 17.2. The van der Waals surface area contributed by atoms with E-state index in [0.29, 0.717) is 38.5 Å². The molecule has 0 radical (unpaired) electrons. The molecule has 1 aliphatic heterocycles. The maximum absolute atomic E-state index is 12.4. The van der Waals surface area contributed by atoms with E-state index in [0.717, 1.165) is 0 Å². The van der Waals surface area contributed by atoms with Gasteiger partial charge in [0.05, 0.1) is 6.54 Å². The standard InChI is InChI=1S/C21H33N3O3/c1-16(2)22-19(25)14-23-10-12-24(13-11-23)20(26)15-27-18-8-6-17(7-9-18)21(3,4)5/h6-9,16H,10-15H2,1-5H3,(H,22,25). The second-order valence-electron chi connectivity index (χ2n) is 8.44. The van der Waals surface area contributed by atoms with Crippen molar-refractivity contribution in [2.75, 3.05) is 39.3 Å². The summed E-state index contributed by atoms with van der Waals surface area (Å²) in [4.78, 5) is 28.1. The predicted molar refractivity (Wildman–Crippen MR) is 107 cm³/mol. The number of nitrogens with one attached hydrogen (secondary N) is 1. The van der Waals surface area contributed by atoms with Crippen molar-refractivity contribution in [3.05, 3.63) is 29.8 Å². The lowest BCUT2D eigenvalue weighted by molar-refractivity contribution is -0.135. The molecule has 6 heteroatoms. The van der Waals surface area contributed by atoms with Gasteiger partial charge in [0.15, 0.2) is 6.61 Å². The first-order valence-corrected chi connectivity index (χ1v) is 9.68. The minimum absolute atomic E-state index is 0.0128. The van der Waals surface area contributed by atoms with Gasteiger partial charge < -0.3 is 15.0 Å². The molecule has 0 aliphatic carbocycles. The van der Waals surface area contributed by atoms with Gasteiger partial charge >= 0.3 is 0 Å². The van der Waals surface area contributed by atoms with Crippen LogP contribution in [0.5, 0.6) is 5.75 Å². The molecule has 2 rings (SSSR count). The number of benzene rings is 1. The Bertz CT molecular complexity index is 627. The Morgan fingerprint density at radius 2 is 1.67 bits per heavy atom. The molecule has 0 saturated carbocycles. The second kappa shape index (κ2) is 9.22. The molecule has 27 heavy (non-hydrogen) atoms. The molecular weight excluding hydrogens is 342 g/mol. The van der Waals surface area contributed by atoms with Crippen molar-refractivity contribution in [2.24, 2.45) is 0 Å². The molecule has 0 bridgehead atoms. The van der Waals surface area contributed by atoms with Gasteiger partial charge in [-0.1, -0.05) is 32.9 Å². The van der Waals surface area contributed by atoms with Gasteiger partial charge in [-0.05, 0) is 37.0 Å². The fourth-order valence-corrected chi connectivity index (χ4v) is 3.01. The van der Waals surface area contributed by atoms with Crippen molar-refractivity contribution in [3.8, 4) is 5.75 Å². The van der Waals surface area contributed by atoms with E-state index in [9.17, 15) is 9.59 Å². The predicted octanol–water partition coefficient (Wildman–Crippen LogP) is 2.03. The van der Waals surface area contributed by atoms with Crippen molar-refractivity contribution in [1.29, 1.82) is 0 Å². The number of nitrogens with zero attached hydrogens (tertiary/aromatic N) is 2. The highest BCUT2D eigenvalue weighted by Gasteiger charge is 2.23. The highest BCUT2D eigenvalue weighted by Crippen LogP contribution is 2.24. The van der Waals surface area contributed by atoms with Gasteiger partial charge in [-0.2, -0.15) is 0 Å². The fraction of sp³-hybridized carbons (Fsp3) is 0.619. The number of hydrogen-bond acceptors (Lipinski definition) is 4. The van der Waals surface area contributed by atoms with Crippen LogP contribution in [0.3, 0.4) is 0 Å². The first kappa shape index (κ1) is 21.2. The van der Waals surface area contributed by atoms with E-state index in [-0.39, 0.29) is 29.9 Å². The number of carbonyl (C=O) groups excluding carboxylic acids is 2. The van der Waals surface area contributed by atoms with Crippen LogP contribution in [0.25, 0.3) is 0 Å². The lowest BCUT2D eigenvalue weighted by atomic mass is 9.87. The first-order valence-electron chi connectivity index (χ1n) is 9.68. The van der Waals surface area contributed by atoms with Crippen LogP contribution in [0.4, 0.5) is 0 Å². The zero-order chi connectivity index (χ0) is 20.0. The average Bonchev–Trinajstić information content (AvgIpc) is 2.59. The summed E-state index contributed by atoms with van der Waals surface area (Å²) in [6.45, 7) is 13.5. The zero-order valence-corrected chi connectivity index (χ0v) is 17.2. The first-order chi connectivity index (χ1) is 12.6. The summed E-state index contributed by atoms with van der Waals surface area (Å²) in [5.74, 6) is 0.730. The number of amides is 2. The minimum Gasteiger partial charge on any atom is -0.484 e. The molecule has 1 N–H and O–H groups in total. The van der Waals surface area contributed by atoms with Gasteiger partial charge in [0.25, 0.3) is 5.91 Å². The molecule has 2 amide bonds. The molecule has 6 nitrogen and oxygen atoms in total. The topological polar surface area (TPSA) is 61.9 Å². The monoisotopic (exact) mass is 375 g/mol. The van der Waals surface area contributed by atoms with Crippen molar-refractivity contribution in [3.63, 3.8) is 0 Å². The lowest BCUT2D eigenvalue weighted by Gasteiger charge is -2.34. The van der Waals surface area contributed by atoms with Crippen LogP contribution in [0.2, 0.25) is 0 Å². The van der Waals surface area contributed by atoms with Gasteiger partial charge in [0.1, 0.15) is 5.75 Å². The summed E-state index contributed by atoms with van der Waals surface area (Å²) in [6.07, 6.45) is 0. The summed E-state index contributed by atoms with van der Waals surface area (Å²) in [5, 5.41) is 2.89. The molecular formula is C21H33N3O3. The van der Waals surface area contributed by atoms with Crippen molar-refractivity contribution in [1.82, 2.24) is 15.1 Å². The van der Waals surface area contributed by atoms with Gasteiger partial charge in [0, 0.05) is 32.2 Å². The van der Waals surface area contributed by atoms with Crippen LogP contribution in [0.15, 0.2) is 24.3 Å². The van der Waals surface area contributed by atoms with E-state index in [1.165, 1.54) is 5.56 Å². The Hall–Kier alpha value is -2.08. The van der Waals surface area contributed by atoms with Gasteiger partial charge in [-0.25, -0.2) is 0 Å². The van der Waals surface area contributed by atoms with Crippen LogP contribution in [0, 0.1) is 0 Å². The molecule has 1 aromatic rings. The lowest BCUT2D eigenvalue weighted by Crippen LogP contribution is -2.52. The molecule has 1 fully saturated rings. The summed E-state index contributed by atoms with van der Waals surface area (Å²) in [5.41, 5.74) is 1.33. The molecule has 1 aliphatic rings. The molecule has 0 spiro atoms. The van der Waals surface area contributed by atoms with Crippen LogP contribution in [-0.4, -0.2) is 67.0 Å². The minimum atomic E-state index is -0.0128. The third kappa shape index (κ3) is 6.86. The largest absolute Gasteiger partial charge is 0.484 e. The number of ether oxygens (including phenoxy) is 1. The van der Waals surface area contributed by atoms with E-state index in [1.54, 1.807) is 4.90 Å². The van der Waals surface area contributed by atoms with Gasteiger partial charge in [0.2, 0.25) is 5.91 Å². The van der Waals surface area contributed by atoms with E-state index >= 15 is 0 Å². The molecule has 0 atom stereocenters. The van der Waals surface area contributed by atoms with Crippen LogP contribution >= 0.6 is 0 Å². The maximum atomic E-state index is 12.4. The summed E-state index contributed by atoms with van der Waals surface area (Å²) >= 11 is 0. The molecule has 150 valence electrons. The normalized spacial score (nSPS) is 15.7. The van der Waals surface area contributed by atoms with Gasteiger partial charge in [-0.3, -0.25) is 14.5 Å². The third-order valence-electron chi connectivity index (χ3n) is 4.62. The molecule has 0 unspecified atom stereocenters. The summed E-state index contributed by atoms with van der Waals surface area (Å²) in [7, 11) is 0. The second-order valence-corrected chi connectivity index (χ2v) is 8.44. The van der Waals surface area contributed by atoms with Crippen molar-refractivity contribution < 1.29 is 14.3 Å². The number of carbonyl (C=O) groups is 2.